The van der Waals surface area contributed by atoms with Crippen molar-refractivity contribution in [2.75, 3.05) is 19.6 Å². The molecule has 0 radical (unpaired) electrons. The van der Waals surface area contributed by atoms with Crippen molar-refractivity contribution in [2.45, 2.75) is 64.5 Å². The maximum Gasteiger partial charge on any atom is 0.0226 e. The molecule has 0 aliphatic carbocycles. The summed E-state index contributed by atoms with van der Waals surface area (Å²) in [5.74, 6) is 0.973. The summed E-state index contributed by atoms with van der Waals surface area (Å²) in [6.45, 7) is 8.64. The lowest BCUT2D eigenvalue weighted by Gasteiger charge is -2.46. The fourth-order valence-corrected chi connectivity index (χ4v) is 3.46. The van der Waals surface area contributed by atoms with E-state index in [1.165, 1.54) is 58.2 Å². The normalized spacial score (nSPS) is 33.6. The molecular formula is C14H28N2. The SMILES string of the molecule is CCCC(CCC)NC1CN2CCC1CC2. The summed E-state index contributed by atoms with van der Waals surface area (Å²) >= 11 is 0. The average molecular weight is 224 g/mol. The molecule has 3 fully saturated rings. The summed E-state index contributed by atoms with van der Waals surface area (Å²) in [7, 11) is 0. The molecule has 1 atom stereocenters. The van der Waals surface area contributed by atoms with E-state index in [4.69, 9.17) is 0 Å². The van der Waals surface area contributed by atoms with Crippen LogP contribution < -0.4 is 5.32 Å². The molecule has 16 heavy (non-hydrogen) atoms. The average Bonchev–Trinajstić information content (AvgIpc) is 2.31. The number of rotatable bonds is 6. The summed E-state index contributed by atoms with van der Waals surface area (Å²) in [4.78, 5) is 2.65. The van der Waals surface area contributed by atoms with E-state index in [1.54, 1.807) is 0 Å². The molecule has 3 aliphatic heterocycles. The number of fused-ring (bicyclic) bond motifs is 3. The van der Waals surface area contributed by atoms with Gasteiger partial charge in [0.15, 0.2) is 0 Å². The minimum atomic E-state index is 0.778. The second-order valence-corrected chi connectivity index (χ2v) is 5.69. The van der Waals surface area contributed by atoms with Gasteiger partial charge in [0.1, 0.15) is 0 Å². The maximum atomic E-state index is 3.95. The van der Waals surface area contributed by atoms with Crippen LogP contribution in [0.2, 0.25) is 0 Å². The van der Waals surface area contributed by atoms with Gasteiger partial charge in [0.2, 0.25) is 0 Å². The third-order valence-corrected chi connectivity index (χ3v) is 4.38. The number of nitrogens with zero attached hydrogens (tertiary/aromatic N) is 1. The summed E-state index contributed by atoms with van der Waals surface area (Å²) < 4.78 is 0. The maximum absolute atomic E-state index is 3.95. The molecule has 0 spiro atoms. The third kappa shape index (κ3) is 2.98. The Morgan fingerprint density at radius 1 is 1.12 bits per heavy atom. The highest BCUT2D eigenvalue weighted by Crippen LogP contribution is 2.28. The van der Waals surface area contributed by atoms with Crippen LogP contribution in [0.15, 0.2) is 0 Å². The monoisotopic (exact) mass is 224 g/mol. The van der Waals surface area contributed by atoms with Gasteiger partial charge in [0.05, 0.1) is 0 Å². The lowest BCUT2D eigenvalue weighted by Crippen LogP contribution is -2.58. The topological polar surface area (TPSA) is 15.3 Å². The van der Waals surface area contributed by atoms with Crippen molar-refractivity contribution in [2.24, 2.45) is 5.92 Å². The first-order chi connectivity index (χ1) is 7.83. The molecule has 0 saturated carbocycles. The summed E-state index contributed by atoms with van der Waals surface area (Å²) in [6, 6.07) is 1.58. The summed E-state index contributed by atoms with van der Waals surface area (Å²) in [5.41, 5.74) is 0. The zero-order valence-corrected chi connectivity index (χ0v) is 11.0. The molecular weight excluding hydrogens is 196 g/mol. The van der Waals surface area contributed by atoms with Gasteiger partial charge in [-0.2, -0.15) is 0 Å². The van der Waals surface area contributed by atoms with E-state index in [-0.39, 0.29) is 0 Å². The molecule has 3 aliphatic rings. The molecule has 3 rings (SSSR count). The van der Waals surface area contributed by atoms with Crippen LogP contribution in [0.5, 0.6) is 0 Å². The molecule has 0 amide bonds. The van der Waals surface area contributed by atoms with Crippen LogP contribution in [0.25, 0.3) is 0 Å². The first-order valence-corrected chi connectivity index (χ1v) is 7.31. The Morgan fingerprint density at radius 2 is 1.75 bits per heavy atom. The molecule has 0 aromatic rings. The molecule has 2 heteroatoms. The zero-order chi connectivity index (χ0) is 11.4. The van der Waals surface area contributed by atoms with E-state index in [0.717, 1.165) is 18.0 Å². The smallest absolute Gasteiger partial charge is 0.0226 e. The van der Waals surface area contributed by atoms with Gasteiger partial charge in [0.25, 0.3) is 0 Å². The molecule has 2 bridgehead atoms. The minimum Gasteiger partial charge on any atom is -0.310 e. The van der Waals surface area contributed by atoms with E-state index in [0.29, 0.717) is 0 Å². The van der Waals surface area contributed by atoms with Crippen LogP contribution in [0.1, 0.15) is 52.4 Å². The Hall–Kier alpha value is -0.0800. The van der Waals surface area contributed by atoms with Gasteiger partial charge in [-0.3, -0.25) is 0 Å². The van der Waals surface area contributed by atoms with E-state index < -0.39 is 0 Å². The summed E-state index contributed by atoms with van der Waals surface area (Å²) in [5, 5.41) is 3.95. The molecule has 3 heterocycles. The van der Waals surface area contributed by atoms with E-state index in [1.807, 2.05) is 0 Å². The Balaban J connectivity index is 1.82. The number of hydrogen-bond donors (Lipinski definition) is 1. The van der Waals surface area contributed by atoms with Crippen molar-refractivity contribution < 1.29 is 0 Å². The van der Waals surface area contributed by atoms with Gasteiger partial charge in [-0.25, -0.2) is 0 Å². The molecule has 0 aromatic carbocycles. The molecule has 3 saturated heterocycles. The van der Waals surface area contributed by atoms with Gasteiger partial charge in [0, 0.05) is 18.6 Å². The highest BCUT2D eigenvalue weighted by atomic mass is 15.2. The molecule has 94 valence electrons. The van der Waals surface area contributed by atoms with Crippen LogP contribution in [-0.2, 0) is 0 Å². The Bertz CT molecular complexity index is 191. The number of hydrogen-bond acceptors (Lipinski definition) is 2. The van der Waals surface area contributed by atoms with Crippen LogP contribution in [0.3, 0.4) is 0 Å². The fraction of sp³-hybridized carbons (Fsp3) is 1.00. The molecule has 1 N–H and O–H groups in total. The molecule has 1 unspecified atom stereocenters. The molecule has 0 aromatic heterocycles. The zero-order valence-electron chi connectivity index (χ0n) is 11.0. The predicted molar refractivity (Wildman–Crippen MR) is 69.7 cm³/mol. The van der Waals surface area contributed by atoms with E-state index in [2.05, 4.69) is 24.1 Å². The number of piperidine rings is 3. The highest BCUT2D eigenvalue weighted by molar-refractivity contribution is 4.92. The van der Waals surface area contributed by atoms with Gasteiger partial charge in [-0.15, -0.1) is 0 Å². The van der Waals surface area contributed by atoms with Crippen LogP contribution in [-0.4, -0.2) is 36.6 Å². The third-order valence-electron chi connectivity index (χ3n) is 4.38. The first-order valence-electron chi connectivity index (χ1n) is 7.31. The van der Waals surface area contributed by atoms with Crippen molar-refractivity contribution in [3.8, 4) is 0 Å². The lowest BCUT2D eigenvalue weighted by molar-refractivity contribution is 0.0656. The van der Waals surface area contributed by atoms with Crippen molar-refractivity contribution in [3.63, 3.8) is 0 Å². The summed E-state index contributed by atoms with van der Waals surface area (Å²) in [6.07, 6.45) is 8.22. The van der Waals surface area contributed by atoms with Gasteiger partial charge in [-0.05, 0) is 44.7 Å². The van der Waals surface area contributed by atoms with E-state index >= 15 is 0 Å². The minimum absolute atomic E-state index is 0.778. The van der Waals surface area contributed by atoms with Gasteiger partial charge in [-0.1, -0.05) is 26.7 Å². The second kappa shape index (κ2) is 6.02. The molecule has 2 nitrogen and oxygen atoms in total. The van der Waals surface area contributed by atoms with Crippen molar-refractivity contribution >= 4 is 0 Å². The van der Waals surface area contributed by atoms with Crippen LogP contribution >= 0.6 is 0 Å². The fourth-order valence-electron chi connectivity index (χ4n) is 3.46. The quantitative estimate of drug-likeness (QED) is 0.746. The van der Waals surface area contributed by atoms with Crippen LogP contribution in [0.4, 0.5) is 0 Å². The van der Waals surface area contributed by atoms with Gasteiger partial charge >= 0.3 is 0 Å². The first kappa shape index (κ1) is 12.4. The second-order valence-electron chi connectivity index (χ2n) is 5.69. The van der Waals surface area contributed by atoms with Crippen molar-refractivity contribution in [1.29, 1.82) is 0 Å². The van der Waals surface area contributed by atoms with Crippen molar-refractivity contribution in [3.05, 3.63) is 0 Å². The lowest BCUT2D eigenvalue weighted by atomic mass is 9.83. The predicted octanol–water partition coefficient (Wildman–Crippen LogP) is 2.64. The van der Waals surface area contributed by atoms with Crippen LogP contribution in [0, 0.1) is 5.92 Å². The van der Waals surface area contributed by atoms with Crippen molar-refractivity contribution in [1.82, 2.24) is 10.2 Å². The number of nitrogens with one attached hydrogen (secondary N) is 1. The van der Waals surface area contributed by atoms with E-state index in [9.17, 15) is 0 Å². The Kier molecular flexibility index (Phi) is 4.66. The Labute approximate surface area is 101 Å². The Morgan fingerprint density at radius 3 is 2.19 bits per heavy atom. The van der Waals surface area contributed by atoms with Gasteiger partial charge < -0.3 is 10.2 Å². The largest absolute Gasteiger partial charge is 0.310 e. The standard InChI is InChI=1S/C14H28N2/c1-3-5-13(6-4-2)15-14-11-16-9-7-12(14)8-10-16/h12-15H,3-11H2,1-2H3. The highest BCUT2D eigenvalue weighted by Gasteiger charge is 2.34.